The van der Waals surface area contributed by atoms with Gasteiger partial charge in [-0.25, -0.2) is 0 Å². The molecular weight excluding hydrogens is 376 g/mol. The van der Waals surface area contributed by atoms with Crippen LogP contribution < -0.4 is 9.64 Å². The zero-order valence-electron chi connectivity index (χ0n) is 12.9. The Morgan fingerprint density at radius 2 is 1.96 bits per heavy atom. The topological polar surface area (TPSA) is 72.7 Å². The van der Waals surface area contributed by atoms with Crippen molar-refractivity contribution in [2.75, 3.05) is 11.9 Å². The van der Waals surface area contributed by atoms with Gasteiger partial charge >= 0.3 is 0 Å². The first-order chi connectivity index (χ1) is 11.4. The van der Waals surface area contributed by atoms with E-state index in [1.54, 1.807) is 19.2 Å². The molecule has 0 radical (unpaired) electrons. The molecule has 0 aromatic heterocycles. The number of hydrogen-bond donors (Lipinski definition) is 0. The highest BCUT2D eigenvalue weighted by Crippen LogP contribution is 2.41. The molecule has 1 amide bonds. The number of anilines is 1. The average Bonchev–Trinajstić information content (AvgIpc) is 2.71. The molecule has 0 atom stereocenters. The molecule has 7 heteroatoms. The van der Waals surface area contributed by atoms with Crippen molar-refractivity contribution < 1.29 is 14.5 Å². The van der Waals surface area contributed by atoms with Crippen LogP contribution in [0.25, 0.3) is 12.2 Å². The Morgan fingerprint density at radius 3 is 2.62 bits per heavy atom. The molecule has 6 nitrogen and oxygen atoms in total. The van der Waals surface area contributed by atoms with Gasteiger partial charge in [0.25, 0.3) is 5.69 Å². The highest BCUT2D eigenvalue weighted by atomic mass is 79.9. The van der Waals surface area contributed by atoms with Crippen molar-refractivity contribution in [2.24, 2.45) is 0 Å². The van der Waals surface area contributed by atoms with E-state index in [9.17, 15) is 14.9 Å². The first-order valence-electron chi connectivity index (χ1n) is 7.09. The molecule has 0 unspecified atom stereocenters. The normalized spacial score (nSPS) is 11.8. The van der Waals surface area contributed by atoms with Crippen molar-refractivity contribution >= 4 is 45.4 Å². The number of non-ortho nitro benzene ring substituents is 1. The first-order valence-corrected chi connectivity index (χ1v) is 7.88. The molecule has 1 heterocycles. The van der Waals surface area contributed by atoms with Crippen LogP contribution in [0.15, 0.2) is 34.8 Å². The fraction of sp³-hybridized carbons (Fsp3) is 0.118. The summed E-state index contributed by atoms with van der Waals surface area (Å²) in [6.07, 6.45) is 3.65. The van der Waals surface area contributed by atoms with E-state index in [0.29, 0.717) is 22.7 Å². The number of carbonyl (C=O) groups is 1. The summed E-state index contributed by atoms with van der Waals surface area (Å²) < 4.78 is 6.79. The Hall–Kier alpha value is -2.67. The number of rotatable bonds is 2. The average molecular weight is 389 g/mol. The summed E-state index contributed by atoms with van der Waals surface area (Å²) in [7, 11) is 1.57. The Balaban J connectivity index is 2.23. The molecule has 3 rings (SSSR count). The number of nitrogens with zero attached hydrogens (tertiary/aromatic N) is 2. The summed E-state index contributed by atoms with van der Waals surface area (Å²) in [5.41, 5.74) is 1.74. The van der Waals surface area contributed by atoms with E-state index in [0.717, 1.165) is 10.0 Å². The molecule has 1 aliphatic rings. The van der Waals surface area contributed by atoms with Gasteiger partial charge in [0.05, 0.1) is 16.7 Å². The molecular formula is C17H13BrN2O4. The molecule has 2 aromatic rings. The van der Waals surface area contributed by atoms with Crippen LogP contribution in [0.3, 0.4) is 0 Å². The minimum absolute atomic E-state index is 0.134. The molecule has 0 fully saturated rings. The van der Waals surface area contributed by atoms with E-state index in [4.69, 9.17) is 4.74 Å². The van der Waals surface area contributed by atoms with Crippen molar-refractivity contribution in [1.29, 1.82) is 0 Å². The van der Waals surface area contributed by atoms with Crippen LogP contribution in [0.2, 0.25) is 0 Å². The predicted octanol–water partition coefficient (Wildman–Crippen LogP) is 4.62. The monoisotopic (exact) mass is 388 g/mol. The van der Waals surface area contributed by atoms with Crippen molar-refractivity contribution in [1.82, 2.24) is 0 Å². The van der Waals surface area contributed by atoms with Gasteiger partial charge < -0.3 is 9.64 Å². The number of amides is 1. The van der Waals surface area contributed by atoms with Crippen LogP contribution in [-0.4, -0.2) is 17.9 Å². The van der Waals surface area contributed by atoms with E-state index in [1.807, 2.05) is 18.2 Å². The number of fused-ring (bicyclic) bond motifs is 2. The summed E-state index contributed by atoms with van der Waals surface area (Å²) in [4.78, 5) is 23.8. The Morgan fingerprint density at radius 1 is 1.21 bits per heavy atom. The SMILES string of the molecule is CC(=O)N(C)c1cc([N+](=O)[O-])cc2c1C=Cc1cc(Br)ccc1O2. The van der Waals surface area contributed by atoms with Crippen LogP contribution in [0.1, 0.15) is 18.1 Å². The summed E-state index contributed by atoms with van der Waals surface area (Å²) in [6.45, 7) is 1.40. The maximum atomic E-state index is 11.7. The second kappa shape index (κ2) is 6.09. The quantitative estimate of drug-likeness (QED) is 0.474. The Labute approximate surface area is 146 Å². The van der Waals surface area contributed by atoms with Crippen molar-refractivity contribution in [3.8, 4) is 11.5 Å². The maximum Gasteiger partial charge on any atom is 0.275 e. The highest BCUT2D eigenvalue weighted by Gasteiger charge is 2.22. The lowest BCUT2D eigenvalue weighted by Gasteiger charge is -2.19. The molecule has 122 valence electrons. The van der Waals surface area contributed by atoms with Crippen LogP contribution in [0.4, 0.5) is 11.4 Å². The number of nitro benzene ring substituents is 1. The number of benzene rings is 2. The Kier molecular flexibility index (Phi) is 4.11. The lowest BCUT2D eigenvalue weighted by Crippen LogP contribution is -2.23. The molecule has 0 saturated carbocycles. The second-order valence-corrected chi connectivity index (χ2v) is 6.25. The summed E-state index contributed by atoms with van der Waals surface area (Å²) in [5, 5.41) is 11.2. The third kappa shape index (κ3) is 2.90. The number of halogens is 1. The van der Waals surface area contributed by atoms with E-state index in [1.165, 1.54) is 24.0 Å². The van der Waals surface area contributed by atoms with Crippen LogP contribution in [0, 0.1) is 10.1 Å². The van der Waals surface area contributed by atoms with Gasteiger partial charge in [0.2, 0.25) is 5.91 Å². The van der Waals surface area contributed by atoms with Crippen molar-refractivity contribution in [3.63, 3.8) is 0 Å². The number of hydrogen-bond acceptors (Lipinski definition) is 4. The van der Waals surface area contributed by atoms with Gasteiger partial charge in [-0.3, -0.25) is 14.9 Å². The fourth-order valence-electron chi connectivity index (χ4n) is 2.44. The number of carbonyl (C=O) groups excluding carboxylic acids is 1. The molecule has 0 bridgehead atoms. The maximum absolute atomic E-state index is 11.7. The van der Waals surface area contributed by atoms with Gasteiger partial charge in [-0.05, 0) is 24.3 Å². The minimum atomic E-state index is -0.502. The van der Waals surface area contributed by atoms with E-state index in [-0.39, 0.29) is 11.6 Å². The molecule has 0 aliphatic carbocycles. The molecule has 24 heavy (non-hydrogen) atoms. The van der Waals surface area contributed by atoms with Crippen LogP contribution in [0.5, 0.6) is 11.5 Å². The molecule has 1 aliphatic heterocycles. The van der Waals surface area contributed by atoms with Gasteiger partial charge in [0.1, 0.15) is 11.5 Å². The van der Waals surface area contributed by atoms with Gasteiger partial charge in [-0.15, -0.1) is 0 Å². The number of ether oxygens (including phenoxy) is 1. The molecule has 0 spiro atoms. The predicted molar refractivity (Wildman–Crippen MR) is 95.3 cm³/mol. The summed E-state index contributed by atoms with van der Waals surface area (Å²) >= 11 is 3.41. The minimum Gasteiger partial charge on any atom is -0.456 e. The zero-order chi connectivity index (χ0) is 17.4. The van der Waals surface area contributed by atoms with Gasteiger partial charge in [-0.2, -0.15) is 0 Å². The molecule has 2 aromatic carbocycles. The molecule has 0 saturated heterocycles. The fourth-order valence-corrected chi connectivity index (χ4v) is 2.82. The summed E-state index contributed by atoms with van der Waals surface area (Å²) in [5.74, 6) is 0.699. The van der Waals surface area contributed by atoms with Gasteiger partial charge in [0, 0.05) is 35.6 Å². The standard InChI is InChI=1S/C17H13BrN2O4/c1-10(21)19(2)15-8-13(20(22)23)9-17-14(15)5-3-11-7-12(18)4-6-16(11)24-17/h3-9H,1-2H3. The smallest absolute Gasteiger partial charge is 0.275 e. The van der Waals surface area contributed by atoms with Crippen molar-refractivity contribution in [3.05, 3.63) is 56.0 Å². The first kappa shape index (κ1) is 16.2. The van der Waals surface area contributed by atoms with E-state index >= 15 is 0 Å². The largest absolute Gasteiger partial charge is 0.456 e. The zero-order valence-corrected chi connectivity index (χ0v) is 14.5. The van der Waals surface area contributed by atoms with Gasteiger partial charge in [0.15, 0.2) is 0 Å². The van der Waals surface area contributed by atoms with Gasteiger partial charge in [-0.1, -0.05) is 22.0 Å². The lowest BCUT2D eigenvalue weighted by molar-refractivity contribution is -0.384. The third-order valence-corrected chi connectivity index (χ3v) is 4.26. The molecule has 0 N–H and O–H groups in total. The van der Waals surface area contributed by atoms with Crippen LogP contribution in [-0.2, 0) is 4.79 Å². The Bertz CT molecular complexity index is 892. The third-order valence-electron chi connectivity index (χ3n) is 3.77. The summed E-state index contributed by atoms with van der Waals surface area (Å²) in [6, 6.07) is 8.25. The van der Waals surface area contributed by atoms with Crippen LogP contribution >= 0.6 is 15.9 Å². The second-order valence-electron chi connectivity index (χ2n) is 5.33. The highest BCUT2D eigenvalue weighted by molar-refractivity contribution is 9.10. The number of nitro groups is 1. The van der Waals surface area contributed by atoms with E-state index < -0.39 is 4.92 Å². The van der Waals surface area contributed by atoms with E-state index in [2.05, 4.69) is 15.9 Å². The van der Waals surface area contributed by atoms with Crippen molar-refractivity contribution in [2.45, 2.75) is 6.92 Å². The lowest BCUT2D eigenvalue weighted by atomic mass is 10.1.